The van der Waals surface area contributed by atoms with Crippen LogP contribution >= 0.6 is 0 Å². The number of rotatable bonds is 2. The van der Waals surface area contributed by atoms with Gasteiger partial charge in [-0.25, -0.2) is 0 Å². The number of nitrogens with one attached hydrogen (secondary N) is 1. The van der Waals surface area contributed by atoms with Crippen molar-refractivity contribution in [3.63, 3.8) is 0 Å². The molecule has 0 radical (unpaired) electrons. The van der Waals surface area contributed by atoms with Crippen LogP contribution in [-0.2, 0) is 14.3 Å². The maximum Gasteiger partial charge on any atom is 0.303 e. The topological polar surface area (TPSA) is 107 Å². The van der Waals surface area contributed by atoms with Gasteiger partial charge in [0.2, 0.25) is 0 Å². The Morgan fingerprint density at radius 3 is 3.16 bits per heavy atom. The molecule has 19 heavy (non-hydrogen) atoms. The molecule has 3 heterocycles. The van der Waals surface area contributed by atoms with Crippen molar-refractivity contribution in [2.75, 3.05) is 6.61 Å². The Morgan fingerprint density at radius 2 is 2.47 bits per heavy atom. The molecule has 1 aromatic rings. The van der Waals surface area contributed by atoms with Gasteiger partial charge in [0.25, 0.3) is 0 Å². The van der Waals surface area contributed by atoms with Gasteiger partial charge in [0.05, 0.1) is 6.61 Å². The Kier molecular flexibility index (Phi) is 2.76. The predicted molar refractivity (Wildman–Crippen MR) is 59.0 cm³/mol. The summed E-state index contributed by atoms with van der Waals surface area (Å²) in [6.45, 7) is 1.02. The van der Waals surface area contributed by atoms with E-state index in [1.54, 1.807) is 10.8 Å². The molecule has 0 bridgehead atoms. The van der Waals surface area contributed by atoms with Crippen molar-refractivity contribution < 1.29 is 24.1 Å². The monoisotopic (exact) mass is 267 g/mol. The van der Waals surface area contributed by atoms with Crippen LogP contribution in [0.25, 0.3) is 0 Å². The van der Waals surface area contributed by atoms with Crippen LogP contribution in [0.4, 0.5) is 0 Å². The van der Waals surface area contributed by atoms with Crippen molar-refractivity contribution in [2.24, 2.45) is 0 Å². The Morgan fingerprint density at radius 1 is 1.68 bits per heavy atom. The van der Waals surface area contributed by atoms with Crippen LogP contribution in [0, 0.1) is 5.41 Å². The van der Waals surface area contributed by atoms with Gasteiger partial charge in [-0.2, -0.15) is 4.98 Å². The summed E-state index contributed by atoms with van der Waals surface area (Å²) in [6, 6.07) is 1.75. The Hall–Kier alpha value is -1.93. The summed E-state index contributed by atoms with van der Waals surface area (Å²) in [4.78, 5) is 15.0. The number of hydrogen-bond acceptors (Lipinski definition) is 7. The molecule has 0 aliphatic carbocycles. The molecule has 0 aromatic carbocycles. The van der Waals surface area contributed by atoms with Crippen LogP contribution in [0.1, 0.15) is 13.2 Å². The quantitative estimate of drug-likeness (QED) is 0.662. The minimum atomic E-state index is -0.691. The molecule has 1 saturated heterocycles. The third-order valence-electron chi connectivity index (χ3n) is 3.11. The number of hydrogen-bond donors (Lipinski definition) is 2. The molecule has 0 unspecified atom stereocenters. The molecule has 0 amide bonds. The maximum absolute atomic E-state index is 11.1. The SMILES string of the molecule is CC(=O)O[C@H]1[C@@H]2Oc3nc(=N)ccn3[C@@H]2O[C@@H]1CO. The largest absolute Gasteiger partial charge is 0.456 e. The van der Waals surface area contributed by atoms with Crippen molar-refractivity contribution in [2.45, 2.75) is 31.5 Å². The first-order valence-electron chi connectivity index (χ1n) is 5.84. The number of aromatic nitrogens is 2. The van der Waals surface area contributed by atoms with Crippen LogP contribution in [-0.4, -0.2) is 45.5 Å². The molecular weight excluding hydrogens is 254 g/mol. The van der Waals surface area contributed by atoms with Crippen molar-refractivity contribution in [3.8, 4) is 6.01 Å². The Labute approximate surface area is 108 Å². The smallest absolute Gasteiger partial charge is 0.303 e. The lowest BCUT2D eigenvalue weighted by atomic mass is 10.1. The lowest BCUT2D eigenvalue weighted by Crippen LogP contribution is -2.38. The zero-order valence-corrected chi connectivity index (χ0v) is 10.1. The van der Waals surface area contributed by atoms with Crippen LogP contribution in [0.15, 0.2) is 12.3 Å². The second-order valence-electron chi connectivity index (χ2n) is 4.41. The van der Waals surface area contributed by atoms with E-state index in [-0.39, 0.29) is 18.1 Å². The molecule has 3 rings (SSSR count). The van der Waals surface area contributed by atoms with E-state index in [2.05, 4.69) is 4.98 Å². The normalized spacial score (nSPS) is 31.5. The van der Waals surface area contributed by atoms with E-state index in [0.717, 1.165) is 0 Å². The molecule has 2 aliphatic heterocycles. The molecule has 8 nitrogen and oxygen atoms in total. The van der Waals surface area contributed by atoms with Crippen molar-refractivity contribution in [1.29, 1.82) is 5.41 Å². The summed E-state index contributed by atoms with van der Waals surface area (Å²) in [5.74, 6) is -0.466. The summed E-state index contributed by atoms with van der Waals surface area (Å²) in [5.41, 5.74) is 0.0777. The van der Waals surface area contributed by atoms with Crippen LogP contribution in [0.2, 0.25) is 0 Å². The van der Waals surface area contributed by atoms with E-state index in [9.17, 15) is 9.90 Å². The van der Waals surface area contributed by atoms with Gasteiger partial charge < -0.3 is 19.3 Å². The third kappa shape index (κ3) is 1.89. The summed E-state index contributed by atoms with van der Waals surface area (Å²) < 4.78 is 18.0. The highest BCUT2D eigenvalue weighted by molar-refractivity contribution is 5.66. The van der Waals surface area contributed by atoms with Gasteiger partial charge in [-0.15, -0.1) is 0 Å². The molecule has 1 fully saturated rings. The second-order valence-corrected chi connectivity index (χ2v) is 4.41. The first kappa shape index (κ1) is 12.1. The van der Waals surface area contributed by atoms with E-state index in [0.29, 0.717) is 0 Å². The lowest BCUT2D eigenvalue weighted by molar-refractivity contribution is -0.153. The average molecular weight is 267 g/mol. The number of ether oxygens (including phenoxy) is 3. The van der Waals surface area contributed by atoms with Gasteiger partial charge >= 0.3 is 12.0 Å². The molecule has 1 aromatic heterocycles. The number of carbonyl (C=O) groups excluding carboxylic acids is 1. The van der Waals surface area contributed by atoms with Crippen molar-refractivity contribution in [3.05, 3.63) is 17.8 Å². The van der Waals surface area contributed by atoms with Gasteiger partial charge in [0.15, 0.2) is 23.9 Å². The van der Waals surface area contributed by atoms with Gasteiger partial charge in [-0.1, -0.05) is 0 Å². The summed E-state index contributed by atoms with van der Waals surface area (Å²) in [5, 5.41) is 16.7. The lowest BCUT2D eigenvalue weighted by Gasteiger charge is -2.19. The standard InChI is InChI=1S/C11H13N3O5/c1-5(16)17-8-6(4-15)18-10-9(8)19-11-13-7(12)2-3-14(10)11/h2-3,6,8-10,12,15H,4H2,1H3/t6-,8-,9+,10-/m1/s1. The van der Waals surface area contributed by atoms with E-state index in [1.165, 1.54) is 13.0 Å². The van der Waals surface area contributed by atoms with Gasteiger partial charge in [0, 0.05) is 13.1 Å². The fourth-order valence-corrected chi connectivity index (χ4v) is 2.35. The molecule has 2 aliphatic rings. The number of esters is 1. The first-order valence-corrected chi connectivity index (χ1v) is 5.84. The number of fused-ring (bicyclic) bond motifs is 3. The number of aliphatic hydroxyl groups excluding tert-OH is 1. The molecule has 2 N–H and O–H groups in total. The molecule has 4 atom stereocenters. The summed E-state index contributed by atoms with van der Waals surface area (Å²) in [7, 11) is 0. The van der Waals surface area contributed by atoms with Crippen molar-refractivity contribution >= 4 is 5.97 Å². The van der Waals surface area contributed by atoms with Gasteiger partial charge in [-0.3, -0.25) is 14.8 Å². The highest BCUT2D eigenvalue weighted by Crippen LogP contribution is 2.39. The van der Waals surface area contributed by atoms with Crippen LogP contribution in [0.3, 0.4) is 0 Å². The summed E-state index contributed by atoms with van der Waals surface area (Å²) >= 11 is 0. The third-order valence-corrected chi connectivity index (χ3v) is 3.11. The minimum Gasteiger partial charge on any atom is -0.456 e. The number of carbonyl (C=O) groups is 1. The first-order chi connectivity index (χ1) is 9.10. The van der Waals surface area contributed by atoms with Crippen LogP contribution in [0.5, 0.6) is 6.01 Å². The average Bonchev–Trinajstić information content (AvgIpc) is 2.85. The fourth-order valence-electron chi connectivity index (χ4n) is 2.35. The van der Waals surface area contributed by atoms with E-state index in [4.69, 9.17) is 19.6 Å². The zero-order valence-electron chi connectivity index (χ0n) is 10.1. The number of aliphatic hydroxyl groups is 1. The fraction of sp³-hybridized carbons (Fsp3) is 0.545. The minimum absolute atomic E-state index is 0.0777. The van der Waals surface area contributed by atoms with Gasteiger partial charge in [0.1, 0.15) is 6.10 Å². The highest BCUT2D eigenvalue weighted by atomic mass is 16.7. The molecule has 0 spiro atoms. The summed E-state index contributed by atoms with van der Waals surface area (Å²) in [6.07, 6.45) is -0.765. The van der Waals surface area contributed by atoms with Crippen LogP contribution < -0.4 is 10.2 Å². The Bertz CT molecular complexity index is 572. The van der Waals surface area contributed by atoms with Crippen molar-refractivity contribution in [1.82, 2.24) is 9.55 Å². The molecule has 102 valence electrons. The molecule has 8 heteroatoms. The molecule has 0 saturated carbocycles. The van der Waals surface area contributed by atoms with E-state index < -0.39 is 30.5 Å². The second kappa shape index (κ2) is 4.32. The highest BCUT2D eigenvalue weighted by Gasteiger charge is 2.53. The number of nitrogens with zero attached hydrogens (tertiary/aromatic N) is 2. The maximum atomic E-state index is 11.1. The molecular formula is C11H13N3O5. The van der Waals surface area contributed by atoms with E-state index >= 15 is 0 Å². The Balaban J connectivity index is 1.92. The zero-order chi connectivity index (χ0) is 13.6. The predicted octanol–water partition coefficient (Wildman–Crippen LogP) is -1.06. The van der Waals surface area contributed by atoms with E-state index in [1.807, 2.05) is 0 Å². The van der Waals surface area contributed by atoms with Gasteiger partial charge in [-0.05, 0) is 6.07 Å².